The van der Waals surface area contributed by atoms with Crippen LogP contribution in [-0.2, 0) is 0 Å². The standard InChI is InChI=1S/C22H18O5/c1-13-11-19(15-5-9-17(10-6-15)22(25)26)20(27-2)12-18(13)14-3-7-16(8-4-14)21(23)24/h3-12H,1-2H3,(H,23,24)(H,25,26). The Morgan fingerprint density at radius 1 is 0.741 bits per heavy atom. The molecule has 3 aromatic rings. The molecule has 0 aliphatic heterocycles. The molecule has 2 N–H and O–H groups in total. The van der Waals surface area contributed by atoms with Crippen molar-refractivity contribution >= 4 is 11.9 Å². The van der Waals surface area contributed by atoms with Crippen molar-refractivity contribution in [3.8, 4) is 28.0 Å². The summed E-state index contributed by atoms with van der Waals surface area (Å²) in [6.07, 6.45) is 0. The number of aryl methyl sites for hydroxylation is 1. The van der Waals surface area contributed by atoms with Gasteiger partial charge >= 0.3 is 11.9 Å². The fourth-order valence-electron chi connectivity index (χ4n) is 2.98. The number of carboxylic acids is 2. The molecule has 5 heteroatoms. The molecule has 0 aliphatic rings. The first-order chi connectivity index (χ1) is 12.9. The largest absolute Gasteiger partial charge is 0.496 e. The predicted molar refractivity (Wildman–Crippen MR) is 103 cm³/mol. The van der Waals surface area contributed by atoms with Crippen LogP contribution in [0, 0.1) is 6.92 Å². The van der Waals surface area contributed by atoms with Crippen LogP contribution in [0.2, 0.25) is 0 Å². The van der Waals surface area contributed by atoms with Crippen LogP contribution >= 0.6 is 0 Å². The Kier molecular flexibility index (Phi) is 4.94. The summed E-state index contributed by atoms with van der Waals surface area (Å²) in [5.41, 5.74) is 5.00. The zero-order chi connectivity index (χ0) is 19.6. The summed E-state index contributed by atoms with van der Waals surface area (Å²) < 4.78 is 5.55. The molecule has 136 valence electrons. The molecule has 0 unspecified atom stereocenters. The molecule has 3 aromatic carbocycles. The Morgan fingerprint density at radius 3 is 1.59 bits per heavy atom. The van der Waals surface area contributed by atoms with Gasteiger partial charge in [0.05, 0.1) is 18.2 Å². The number of carboxylic acid groups (broad SMARTS) is 2. The second-order valence-electron chi connectivity index (χ2n) is 6.13. The van der Waals surface area contributed by atoms with Gasteiger partial charge in [0.15, 0.2) is 0 Å². The third-order valence-electron chi connectivity index (χ3n) is 4.43. The van der Waals surface area contributed by atoms with Gasteiger partial charge in [-0.15, -0.1) is 0 Å². The van der Waals surface area contributed by atoms with Crippen molar-refractivity contribution in [2.24, 2.45) is 0 Å². The first-order valence-corrected chi connectivity index (χ1v) is 8.27. The monoisotopic (exact) mass is 362 g/mol. The van der Waals surface area contributed by atoms with E-state index in [0.29, 0.717) is 5.75 Å². The highest BCUT2D eigenvalue weighted by atomic mass is 16.5. The fraction of sp³-hybridized carbons (Fsp3) is 0.0909. The van der Waals surface area contributed by atoms with Crippen molar-refractivity contribution in [2.75, 3.05) is 7.11 Å². The summed E-state index contributed by atoms with van der Waals surface area (Å²) in [7, 11) is 1.58. The summed E-state index contributed by atoms with van der Waals surface area (Å²) in [4.78, 5) is 22.1. The van der Waals surface area contributed by atoms with E-state index >= 15 is 0 Å². The number of methoxy groups -OCH3 is 1. The number of aromatic carboxylic acids is 2. The maximum absolute atomic E-state index is 11.0. The third kappa shape index (κ3) is 3.67. The van der Waals surface area contributed by atoms with Crippen molar-refractivity contribution in [3.05, 3.63) is 77.4 Å². The molecule has 27 heavy (non-hydrogen) atoms. The van der Waals surface area contributed by atoms with Gasteiger partial charge in [0.1, 0.15) is 5.75 Å². The van der Waals surface area contributed by atoms with E-state index in [2.05, 4.69) is 0 Å². The lowest BCUT2D eigenvalue weighted by atomic mass is 9.94. The van der Waals surface area contributed by atoms with E-state index in [4.69, 9.17) is 14.9 Å². The Labute approximate surface area is 156 Å². The van der Waals surface area contributed by atoms with Crippen LogP contribution in [0.1, 0.15) is 26.3 Å². The highest BCUT2D eigenvalue weighted by molar-refractivity contribution is 5.90. The Balaban J connectivity index is 2.05. The van der Waals surface area contributed by atoms with Crippen LogP contribution in [0.3, 0.4) is 0 Å². The van der Waals surface area contributed by atoms with Crippen LogP contribution in [0.25, 0.3) is 22.3 Å². The molecule has 3 rings (SSSR count). The second kappa shape index (κ2) is 7.33. The summed E-state index contributed by atoms with van der Waals surface area (Å²) in [6.45, 7) is 1.97. The molecule has 0 spiro atoms. The Hall–Kier alpha value is -3.60. The molecular formula is C22H18O5. The van der Waals surface area contributed by atoms with Gasteiger partial charge < -0.3 is 14.9 Å². The summed E-state index contributed by atoms with van der Waals surface area (Å²) in [5.74, 6) is -1.28. The molecule has 0 aromatic heterocycles. The van der Waals surface area contributed by atoms with Gasteiger partial charge in [-0.2, -0.15) is 0 Å². The first kappa shape index (κ1) is 18.2. The second-order valence-corrected chi connectivity index (χ2v) is 6.13. The first-order valence-electron chi connectivity index (χ1n) is 8.27. The molecule has 5 nitrogen and oxygen atoms in total. The van der Waals surface area contributed by atoms with Crippen molar-refractivity contribution in [1.82, 2.24) is 0 Å². The van der Waals surface area contributed by atoms with Crippen LogP contribution in [-0.4, -0.2) is 29.3 Å². The van der Waals surface area contributed by atoms with E-state index in [1.165, 1.54) is 0 Å². The van der Waals surface area contributed by atoms with Gasteiger partial charge in [0.2, 0.25) is 0 Å². The molecule has 0 aliphatic carbocycles. The topological polar surface area (TPSA) is 83.8 Å². The van der Waals surface area contributed by atoms with E-state index in [1.54, 1.807) is 55.6 Å². The molecular weight excluding hydrogens is 344 g/mol. The van der Waals surface area contributed by atoms with E-state index < -0.39 is 11.9 Å². The highest BCUT2D eigenvalue weighted by Gasteiger charge is 2.13. The minimum Gasteiger partial charge on any atom is -0.496 e. The van der Waals surface area contributed by atoms with Crippen molar-refractivity contribution in [3.63, 3.8) is 0 Å². The van der Waals surface area contributed by atoms with Crippen LogP contribution in [0.5, 0.6) is 5.75 Å². The number of ether oxygens (including phenoxy) is 1. The molecule has 0 bridgehead atoms. The summed E-state index contributed by atoms with van der Waals surface area (Å²) in [5, 5.41) is 18.1. The minimum atomic E-state index is -0.968. The summed E-state index contributed by atoms with van der Waals surface area (Å²) >= 11 is 0. The van der Waals surface area contributed by atoms with Gasteiger partial charge in [-0.1, -0.05) is 24.3 Å². The minimum absolute atomic E-state index is 0.226. The fourth-order valence-corrected chi connectivity index (χ4v) is 2.98. The Morgan fingerprint density at radius 2 is 1.19 bits per heavy atom. The van der Waals surface area contributed by atoms with Gasteiger partial charge in [0, 0.05) is 5.56 Å². The number of carbonyl (C=O) groups is 2. The molecule has 0 saturated carbocycles. The van der Waals surface area contributed by atoms with E-state index in [-0.39, 0.29) is 11.1 Å². The lowest BCUT2D eigenvalue weighted by molar-refractivity contribution is 0.0686. The van der Waals surface area contributed by atoms with Crippen molar-refractivity contribution in [2.45, 2.75) is 6.92 Å². The zero-order valence-corrected chi connectivity index (χ0v) is 14.9. The quantitative estimate of drug-likeness (QED) is 0.685. The predicted octanol–water partition coefficient (Wildman–Crippen LogP) is 4.73. The molecule has 0 amide bonds. The van der Waals surface area contributed by atoms with Crippen molar-refractivity contribution in [1.29, 1.82) is 0 Å². The molecule has 0 radical (unpaired) electrons. The highest BCUT2D eigenvalue weighted by Crippen LogP contribution is 2.37. The average molecular weight is 362 g/mol. The maximum atomic E-state index is 11.0. The van der Waals surface area contributed by atoms with Gasteiger partial charge in [-0.3, -0.25) is 0 Å². The van der Waals surface area contributed by atoms with Gasteiger partial charge in [-0.05, 0) is 65.6 Å². The smallest absolute Gasteiger partial charge is 0.335 e. The molecule has 0 heterocycles. The maximum Gasteiger partial charge on any atom is 0.335 e. The van der Waals surface area contributed by atoms with Gasteiger partial charge in [-0.25, -0.2) is 9.59 Å². The lowest BCUT2D eigenvalue weighted by Crippen LogP contribution is -1.97. The van der Waals surface area contributed by atoms with E-state index in [1.807, 2.05) is 19.1 Å². The molecule has 0 saturated heterocycles. The number of benzene rings is 3. The normalized spacial score (nSPS) is 10.4. The summed E-state index contributed by atoms with van der Waals surface area (Å²) in [6, 6.07) is 17.2. The number of rotatable bonds is 5. The van der Waals surface area contributed by atoms with Crippen LogP contribution < -0.4 is 4.74 Å². The van der Waals surface area contributed by atoms with E-state index in [0.717, 1.165) is 27.8 Å². The van der Waals surface area contributed by atoms with Crippen LogP contribution in [0.15, 0.2) is 60.7 Å². The van der Waals surface area contributed by atoms with Crippen molar-refractivity contribution < 1.29 is 24.5 Å². The lowest BCUT2D eigenvalue weighted by Gasteiger charge is -2.15. The molecule has 0 atom stereocenters. The SMILES string of the molecule is COc1cc(-c2ccc(C(=O)O)cc2)c(C)cc1-c1ccc(C(=O)O)cc1. The van der Waals surface area contributed by atoms with Crippen LogP contribution in [0.4, 0.5) is 0 Å². The van der Waals surface area contributed by atoms with E-state index in [9.17, 15) is 9.59 Å². The third-order valence-corrected chi connectivity index (χ3v) is 4.43. The molecule has 0 fully saturated rings. The number of hydrogen-bond acceptors (Lipinski definition) is 3. The average Bonchev–Trinajstić information content (AvgIpc) is 2.68. The van der Waals surface area contributed by atoms with Gasteiger partial charge in [0.25, 0.3) is 0 Å². The number of hydrogen-bond donors (Lipinski definition) is 2. The zero-order valence-electron chi connectivity index (χ0n) is 14.9. The Bertz CT molecular complexity index is 1000.